The molecule has 1 aromatic carbocycles. The fourth-order valence-corrected chi connectivity index (χ4v) is 1.39. The zero-order chi connectivity index (χ0) is 11.8. The predicted octanol–water partition coefficient (Wildman–Crippen LogP) is 2.21. The topological polar surface area (TPSA) is 43.7 Å². The van der Waals surface area contributed by atoms with E-state index in [1.54, 1.807) is 0 Å². The third kappa shape index (κ3) is 5.07. The molecule has 2 rings (SSSR count). The van der Waals surface area contributed by atoms with Crippen molar-refractivity contribution in [3.8, 4) is 0 Å². The van der Waals surface area contributed by atoms with Gasteiger partial charge in [-0.1, -0.05) is 42.5 Å². The molecule has 0 amide bonds. The third-order valence-corrected chi connectivity index (χ3v) is 2.47. The summed E-state index contributed by atoms with van der Waals surface area (Å²) >= 11 is 0. The molecule has 1 aromatic rings. The Morgan fingerprint density at radius 1 is 1.12 bits per heavy atom. The summed E-state index contributed by atoms with van der Waals surface area (Å²) in [5.41, 5.74) is 2.22. The van der Waals surface area contributed by atoms with E-state index >= 15 is 0 Å². The second kappa shape index (κ2) is 7.17. The minimum atomic E-state index is 0.140. The summed E-state index contributed by atoms with van der Waals surface area (Å²) in [5.74, 6) is 0. The number of benzene rings is 1. The van der Waals surface area contributed by atoms with Crippen LogP contribution in [0.25, 0.3) is 0 Å². The summed E-state index contributed by atoms with van der Waals surface area (Å²) in [5, 5.41) is 18.7. The fourth-order valence-electron chi connectivity index (χ4n) is 1.39. The van der Waals surface area contributed by atoms with Crippen molar-refractivity contribution in [2.24, 2.45) is 0 Å². The molecule has 3 nitrogen and oxygen atoms in total. The quantitative estimate of drug-likeness (QED) is 0.714. The zero-order valence-electron chi connectivity index (χ0n) is 9.47. The molecular weight excluding hydrogens is 202 g/mol. The summed E-state index contributed by atoms with van der Waals surface area (Å²) in [6.45, 7) is 5.48. The van der Waals surface area contributed by atoms with Crippen LogP contribution >= 0.6 is 0 Å². The molecule has 88 valence electrons. The van der Waals surface area contributed by atoms with Crippen molar-refractivity contribution >= 4 is 0 Å². The Labute approximate surface area is 96.6 Å². The Morgan fingerprint density at radius 2 is 1.69 bits per heavy atom. The first-order chi connectivity index (χ1) is 7.72. The Hall–Kier alpha value is -1.16. The van der Waals surface area contributed by atoms with Gasteiger partial charge in [-0.05, 0) is 18.4 Å². The van der Waals surface area contributed by atoms with Crippen molar-refractivity contribution in [3.05, 3.63) is 48.0 Å². The van der Waals surface area contributed by atoms with Crippen LogP contribution in [0.15, 0.2) is 42.5 Å². The minimum Gasteiger partial charge on any atom is -0.392 e. The molecule has 0 unspecified atom stereocenters. The van der Waals surface area contributed by atoms with E-state index in [0.29, 0.717) is 0 Å². The van der Waals surface area contributed by atoms with Crippen molar-refractivity contribution in [3.63, 3.8) is 0 Å². The molecule has 0 saturated carbocycles. The van der Waals surface area contributed by atoms with Gasteiger partial charge in [0.2, 0.25) is 0 Å². The van der Waals surface area contributed by atoms with Gasteiger partial charge >= 0.3 is 0 Å². The molecule has 0 bridgehead atoms. The number of nitrogens with zero attached hydrogens (tertiary/aromatic N) is 1. The van der Waals surface area contributed by atoms with E-state index < -0.39 is 0 Å². The number of rotatable bonds is 1. The maximum atomic E-state index is 8.82. The lowest BCUT2D eigenvalue weighted by molar-refractivity contribution is -0.0958. The van der Waals surface area contributed by atoms with Crippen LogP contribution in [-0.2, 0) is 6.61 Å². The summed E-state index contributed by atoms with van der Waals surface area (Å²) in [6.07, 6.45) is 1.91. The number of piperidine rings is 1. The van der Waals surface area contributed by atoms with E-state index in [2.05, 4.69) is 6.58 Å². The molecule has 1 aliphatic rings. The van der Waals surface area contributed by atoms with Crippen LogP contribution in [-0.4, -0.2) is 28.5 Å². The Bertz CT molecular complexity index is 301. The molecule has 0 aliphatic carbocycles. The molecule has 2 N–H and O–H groups in total. The standard InChI is InChI=1S/C7H8O.C6H11NO/c8-6-7-4-2-1-3-5-7;1-6-2-4-7(8)5-3-6/h1-5,8H,6H2;8H,1-5H2. The van der Waals surface area contributed by atoms with Crippen molar-refractivity contribution in [1.82, 2.24) is 5.06 Å². The van der Waals surface area contributed by atoms with Crippen LogP contribution in [0, 0.1) is 0 Å². The highest BCUT2D eigenvalue weighted by atomic mass is 16.5. The highest BCUT2D eigenvalue weighted by molar-refractivity contribution is 5.12. The van der Waals surface area contributed by atoms with Crippen molar-refractivity contribution in [2.45, 2.75) is 19.4 Å². The summed E-state index contributed by atoms with van der Waals surface area (Å²) in [7, 11) is 0. The average Bonchev–Trinajstić information content (AvgIpc) is 2.35. The molecule has 0 aromatic heterocycles. The van der Waals surface area contributed by atoms with E-state index in [1.165, 1.54) is 10.6 Å². The molecule has 0 atom stereocenters. The van der Waals surface area contributed by atoms with Crippen LogP contribution in [0.5, 0.6) is 0 Å². The van der Waals surface area contributed by atoms with Gasteiger partial charge in [0.05, 0.1) is 6.61 Å². The molecule has 1 fully saturated rings. The number of hydrogen-bond donors (Lipinski definition) is 2. The van der Waals surface area contributed by atoms with Gasteiger partial charge < -0.3 is 10.3 Å². The Balaban J connectivity index is 0.000000160. The largest absolute Gasteiger partial charge is 0.392 e. The smallest absolute Gasteiger partial charge is 0.0681 e. The zero-order valence-corrected chi connectivity index (χ0v) is 9.47. The van der Waals surface area contributed by atoms with Gasteiger partial charge in [0.1, 0.15) is 0 Å². The highest BCUT2D eigenvalue weighted by Crippen LogP contribution is 2.10. The van der Waals surface area contributed by atoms with Crippen molar-refractivity contribution in [1.29, 1.82) is 0 Å². The highest BCUT2D eigenvalue weighted by Gasteiger charge is 2.08. The lowest BCUT2D eigenvalue weighted by Crippen LogP contribution is -2.26. The lowest BCUT2D eigenvalue weighted by atomic mass is 10.1. The van der Waals surface area contributed by atoms with Crippen LogP contribution in [0.1, 0.15) is 18.4 Å². The molecular formula is C13H19NO2. The fraction of sp³-hybridized carbons (Fsp3) is 0.385. The van der Waals surface area contributed by atoms with Crippen LogP contribution in [0.3, 0.4) is 0 Å². The first-order valence-corrected chi connectivity index (χ1v) is 5.47. The summed E-state index contributed by atoms with van der Waals surface area (Å²) < 4.78 is 0. The summed E-state index contributed by atoms with van der Waals surface area (Å²) in [6, 6.07) is 9.52. The van der Waals surface area contributed by atoms with Gasteiger partial charge in [0, 0.05) is 13.1 Å². The molecule has 0 spiro atoms. The lowest BCUT2D eigenvalue weighted by Gasteiger charge is -2.20. The minimum absolute atomic E-state index is 0.140. The number of hydroxylamine groups is 2. The van der Waals surface area contributed by atoms with E-state index in [4.69, 9.17) is 10.3 Å². The van der Waals surface area contributed by atoms with Crippen LogP contribution < -0.4 is 0 Å². The van der Waals surface area contributed by atoms with E-state index in [0.717, 1.165) is 31.5 Å². The van der Waals surface area contributed by atoms with Crippen molar-refractivity contribution in [2.75, 3.05) is 13.1 Å². The van der Waals surface area contributed by atoms with Crippen LogP contribution in [0.2, 0.25) is 0 Å². The van der Waals surface area contributed by atoms with Gasteiger partial charge in [-0.25, -0.2) is 0 Å². The molecule has 16 heavy (non-hydrogen) atoms. The van der Waals surface area contributed by atoms with Gasteiger partial charge in [-0.2, -0.15) is 5.06 Å². The van der Waals surface area contributed by atoms with Crippen LogP contribution in [0.4, 0.5) is 0 Å². The second-order valence-electron chi connectivity index (χ2n) is 3.85. The predicted molar refractivity (Wildman–Crippen MR) is 64.1 cm³/mol. The molecule has 1 aliphatic heterocycles. The van der Waals surface area contributed by atoms with E-state index in [1.807, 2.05) is 30.3 Å². The summed E-state index contributed by atoms with van der Waals surface area (Å²) in [4.78, 5) is 0. The van der Waals surface area contributed by atoms with Crippen molar-refractivity contribution < 1.29 is 10.3 Å². The number of hydrogen-bond acceptors (Lipinski definition) is 3. The molecule has 1 saturated heterocycles. The molecule has 3 heteroatoms. The number of aliphatic hydroxyl groups excluding tert-OH is 1. The van der Waals surface area contributed by atoms with Gasteiger partial charge in [0.25, 0.3) is 0 Å². The first-order valence-electron chi connectivity index (χ1n) is 5.47. The Kier molecular flexibility index (Phi) is 5.78. The maximum absolute atomic E-state index is 8.82. The first kappa shape index (κ1) is 12.9. The molecule has 1 heterocycles. The van der Waals surface area contributed by atoms with E-state index in [-0.39, 0.29) is 6.61 Å². The molecule has 0 radical (unpaired) electrons. The average molecular weight is 221 g/mol. The SMILES string of the molecule is C=C1CCN(O)CC1.OCc1ccccc1. The number of aliphatic hydroxyl groups is 1. The monoisotopic (exact) mass is 221 g/mol. The maximum Gasteiger partial charge on any atom is 0.0681 e. The van der Waals surface area contributed by atoms with Gasteiger partial charge in [-0.15, -0.1) is 0 Å². The van der Waals surface area contributed by atoms with E-state index in [9.17, 15) is 0 Å². The van der Waals surface area contributed by atoms with Gasteiger partial charge in [0.15, 0.2) is 0 Å². The van der Waals surface area contributed by atoms with Gasteiger partial charge in [-0.3, -0.25) is 0 Å². The third-order valence-electron chi connectivity index (χ3n) is 2.47. The normalized spacial score (nSPS) is 16.5. The second-order valence-corrected chi connectivity index (χ2v) is 3.85. The Morgan fingerprint density at radius 3 is 2.06 bits per heavy atom.